The van der Waals surface area contributed by atoms with Gasteiger partial charge in [-0.15, -0.1) is 11.3 Å². The summed E-state index contributed by atoms with van der Waals surface area (Å²) in [5.41, 5.74) is 0.904. The maximum atomic E-state index is 12.5. The molecule has 27 heavy (non-hydrogen) atoms. The minimum absolute atomic E-state index is 0.0203. The van der Waals surface area contributed by atoms with Crippen LogP contribution in [0.15, 0.2) is 52.9 Å². The van der Waals surface area contributed by atoms with Crippen molar-refractivity contribution in [3.05, 3.63) is 58.5 Å². The van der Waals surface area contributed by atoms with Crippen LogP contribution in [0.4, 0.5) is 5.13 Å². The molecule has 0 saturated heterocycles. The number of phenolic OH excluding ortho intramolecular Hbond substituents is 1. The summed E-state index contributed by atoms with van der Waals surface area (Å²) in [5, 5.41) is 15.3. The maximum Gasteiger partial charge on any atom is 0.263 e. The lowest BCUT2D eigenvalue weighted by Gasteiger charge is -2.24. The van der Waals surface area contributed by atoms with Gasteiger partial charge in [-0.25, -0.2) is 13.4 Å². The summed E-state index contributed by atoms with van der Waals surface area (Å²) < 4.78 is 32.4. The summed E-state index contributed by atoms with van der Waals surface area (Å²) in [4.78, 5) is 4.18. The molecule has 144 valence electrons. The Hall–Kier alpha value is -2.36. The summed E-state index contributed by atoms with van der Waals surface area (Å²) in [5.74, 6) is 0.491. The van der Waals surface area contributed by atoms with Crippen molar-refractivity contribution in [1.82, 2.24) is 10.3 Å². The van der Waals surface area contributed by atoms with Gasteiger partial charge in [-0.1, -0.05) is 25.1 Å². The number of aromatic hydroxyl groups is 1. The molecule has 3 N–H and O–H groups in total. The first kappa shape index (κ1) is 19.4. The standard InChI is InChI=1S/C18H21N3O4S2/c1-12-9-14(27(23,24)21-18-19-7-8-26-18)4-5-15(12)20-11-13-3-6-17(25-2)16(22)10-13/h3-10,12,15,20,22H,11H2,1-2H3,(H,19,21). The molecule has 0 amide bonds. The number of nitrogens with zero attached hydrogens (tertiary/aromatic N) is 1. The minimum atomic E-state index is -3.65. The fourth-order valence-electron chi connectivity index (χ4n) is 2.75. The zero-order valence-corrected chi connectivity index (χ0v) is 16.5. The van der Waals surface area contributed by atoms with Gasteiger partial charge < -0.3 is 15.2 Å². The number of rotatable bonds is 7. The van der Waals surface area contributed by atoms with Crippen LogP contribution in [0.5, 0.6) is 11.5 Å². The molecule has 1 aromatic carbocycles. The molecule has 0 saturated carbocycles. The second-order valence-electron chi connectivity index (χ2n) is 6.14. The number of hydrogen-bond acceptors (Lipinski definition) is 7. The lowest BCUT2D eigenvalue weighted by molar-refractivity contribution is 0.372. The number of ether oxygens (including phenoxy) is 1. The Morgan fingerprint density at radius 1 is 1.37 bits per heavy atom. The zero-order valence-electron chi connectivity index (χ0n) is 14.9. The molecule has 0 fully saturated rings. The van der Waals surface area contributed by atoms with Crippen LogP contribution in [0, 0.1) is 5.92 Å². The zero-order chi connectivity index (χ0) is 19.4. The van der Waals surface area contributed by atoms with E-state index in [0.29, 0.717) is 17.4 Å². The maximum absolute atomic E-state index is 12.5. The number of anilines is 1. The number of hydrogen-bond donors (Lipinski definition) is 3. The molecule has 2 aromatic rings. The molecule has 0 radical (unpaired) electrons. The molecule has 7 nitrogen and oxygen atoms in total. The predicted molar refractivity (Wildman–Crippen MR) is 106 cm³/mol. The first-order chi connectivity index (χ1) is 12.9. The molecule has 1 heterocycles. The smallest absolute Gasteiger partial charge is 0.263 e. The normalized spacial score (nSPS) is 19.6. The molecular weight excluding hydrogens is 386 g/mol. The molecule has 0 bridgehead atoms. The van der Waals surface area contributed by atoms with Crippen molar-refractivity contribution >= 4 is 26.5 Å². The van der Waals surface area contributed by atoms with E-state index in [9.17, 15) is 13.5 Å². The van der Waals surface area contributed by atoms with E-state index in [1.165, 1.54) is 18.4 Å². The lowest BCUT2D eigenvalue weighted by atomic mass is 9.97. The van der Waals surface area contributed by atoms with E-state index < -0.39 is 10.0 Å². The molecule has 9 heteroatoms. The summed E-state index contributed by atoms with van der Waals surface area (Å²) >= 11 is 1.23. The van der Waals surface area contributed by atoms with Gasteiger partial charge in [-0.2, -0.15) is 0 Å². The van der Waals surface area contributed by atoms with Crippen LogP contribution in [0.3, 0.4) is 0 Å². The van der Waals surface area contributed by atoms with Crippen LogP contribution in [0.2, 0.25) is 0 Å². The first-order valence-electron chi connectivity index (χ1n) is 8.30. The Balaban J connectivity index is 1.63. The topological polar surface area (TPSA) is 101 Å². The Labute approximate surface area is 162 Å². The highest BCUT2D eigenvalue weighted by molar-refractivity contribution is 7.96. The van der Waals surface area contributed by atoms with Gasteiger partial charge in [0, 0.05) is 24.2 Å². The second-order valence-corrected chi connectivity index (χ2v) is 8.72. The highest BCUT2D eigenvalue weighted by Crippen LogP contribution is 2.27. The van der Waals surface area contributed by atoms with E-state index in [1.807, 2.05) is 19.1 Å². The van der Waals surface area contributed by atoms with Gasteiger partial charge in [0.05, 0.1) is 12.0 Å². The first-order valence-corrected chi connectivity index (χ1v) is 10.7. The van der Waals surface area contributed by atoms with Crippen LogP contribution >= 0.6 is 11.3 Å². The molecule has 0 aliphatic heterocycles. The van der Waals surface area contributed by atoms with Gasteiger partial charge in [0.1, 0.15) is 0 Å². The molecule has 0 spiro atoms. The van der Waals surface area contributed by atoms with E-state index in [0.717, 1.165) is 5.56 Å². The monoisotopic (exact) mass is 407 g/mol. The fraction of sp³-hybridized carbons (Fsp3) is 0.278. The van der Waals surface area contributed by atoms with E-state index in [4.69, 9.17) is 4.74 Å². The Morgan fingerprint density at radius 2 is 2.19 bits per heavy atom. The Bertz CT molecular complexity index is 953. The SMILES string of the molecule is COc1ccc(CNC2C=CC(S(=O)(=O)Nc3nccs3)=CC2C)cc1O. The van der Waals surface area contributed by atoms with E-state index in [-0.39, 0.29) is 22.6 Å². The van der Waals surface area contributed by atoms with Crippen molar-refractivity contribution in [2.24, 2.45) is 5.92 Å². The number of benzene rings is 1. The number of allylic oxidation sites excluding steroid dienone is 1. The Morgan fingerprint density at radius 3 is 2.81 bits per heavy atom. The van der Waals surface area contributed by atoms with Crippen LogP contribution in [0.25, 0.3) is 0 Å². The molecule has 1 aromatic heterocycles. The van der Waals surface area contributed by atoms with Gasteiger partial charge in [-0.05, 0) is 29.7 Å². The molecule has 1 aliphatic carbocycles. The highest BCUT2D eigenvalue weighted by atomic mass is 32.2. The van der Waals surface area contributed by atoms with Crippen molar-refractivity contribution in [3.8, 4) is 11.5 Å². The average Bonchev–Trinajstić information content (AvgIpc) is 3.13. The van der Waals surface area contributed by atoms with Gasteiger partial charge in [0.25, 0.3) is 10.0 Å². The molecule has 3 rings (SSSR count). The predicted octanol–water partition coefficient (Wildman–Crippen LogP) is 2.85. The van der Waals surface area contributed by atoms with Crippen molar-refractivity contribution in [2.75, 3.05) is 11.8 Å². The van der Waals surface area contributed by atoms with Crippen LogP contribution in [0.1, 0.15) is 12.5 Å². The second kappa shape index (κ2) is 8.12. The number of sulfonamides is 1. The van der Waals surface area contributed by atoms with Crippen molar-refractivity contribution in [3.63, 3.8) is 0 Å². The van der Waals surface area contributed by atoms with Gasteiger partial charge in [0.2, 0.25) is 0 Å². The summed E-state index contributed by atoms with van der Waals surface area (Å²) in [7, 11) is -2.14. The van der Waals surface area contributed by atoms with E-state index in [1.54, 1.807) is 35.9 Å². The largest absolute Gasteiger partial charge is 0.504 e. The fourth-order valence-corrected chi connectivity index (χ4v) is 4.70. The number of methoxy groups -OCH3 is 1. The van der Waals surface area contributed by atoms with Crippen LogP contribution in [-0.2, 0) is 16.6 Å². The Kier molecular flexibility index (Phi) is 5.83. The third kappa shape index (κ3) is 4.68. The summed E-state index contributed by atoms with van der Waals surface area (Å²) in [6.45, 7) is 2.48. The quantitative estimate of drug-likeness (QED) is 0.653. The van der Waals surface area contributed by atoms with Gasteiger partial charge in [0.15, 0.2) is 16.6 Å². The third-order valence-corrected chi connectivity index (χ3v) is 6.38. The number of nitrogens with one attached hydrogen (secondary N) is 2. The van der Waals surface area contributed by atoms with Crippen LogP contribution in [-0.4, -0.2) is 31.7 Å². The molecule has 1 aliphatic rings. The van der Waals surface area contributed by atoms with E-state index in [2.05, 4.69) is 15.0 Å². The van der Waals surface area contributed by atoms with Crippen molar-refractivity contribution in [1.29, 1.82) is 0 Å². The summed E-state index contributed by atoms with van der Waals surface area (Å²) in [6.07, 6.45) is 6.70. The molecular formula is C18H21N3O4S2. The average molecular weight is 408 g/mol. The molecule has 2 unspecified atom stereocenters. The lowest BCUT2D eigenvalue weighted by Crippen LogP contribution is -2.34. The van der Waals surface area contributed by atoms with Crippen molar-refractivity contribution in [2.45, 2.75) is 19.5 Å². The van der Waals surface area contributed by atoms with E-state index >= 15 is 0 Å². The number of aromatic nitrogens is 1. The highest BCUT2D eigenvalue weighted by Gasteiger charge is 2.24. The number of thiazole rings is 1. The van der Waals surface area contributed by atoms with Crippen LogP contribution < -0.4 is 14.8 Å². The van der Waals surface area contributed by atoms with Gasteiger partial charge >= 0.3 is 0 Å². The summed E-state index contributed by atoms with van der Waals surface area (Å²) in [6, 6.07) is 5.20. The number of phenols is 1. The third-order valence-electron chi connectivity index (χ3n) is 4.21. The van der Waals surface area contributed by atoms with Gasteiger partial charge in [-0.3, -0.25) is 4.72 Å². The molecule has 2 atom stereocenters. The van der Waals surface area contributed by atoms with Crippen molar-refractivity contribution < 1.29 is 18.3 Å². The minimum Gasteiger partial charge on any atom is -0.504 e.